The molecule has 1 aromatic carbocycles. The largest absolute Gasteiger partial charge is 0.356 e. The number of amides is 1. The highest BCUT2D eigenvalue weighted by Crippen LogP contribution is 2.27. The minimum absolute atomic E-state index is 0.128. The summed E-state index contributed by atoms with van der Waals surface area (Å²) in [5.74, 6) is -1.92. The van der Waals surface area contributed by atoms with Gasteiger partial charge in [0, 0.05) is 32.4 Å². The summed E-state index contributed by atoms with van der Waals surface area (Å²) in [5, 5.41) is 9.71. The number of likely N-dealkylation sites (tertiary alicyclic amines) is 1. The molecule has 9 heteroatoms. The molecule has 4 rings (SSSR count). The molecule has 1 N–H and O–H groups in total. The number of nitrogens with zero attached hydrogens (tertiary/aromatic N) is 5. The topological polar surface area (TPSA) is 88.9 Å². The van der Waals surface area contributed by atoms with Crippen LogP contribution in [0.2, 0.25) is 0 Å². The van der Waals surface area contributed by atoms with E-state index in [1.54, 1.807) is 12.3 Å². The minimum Gasteiger partial charge on any atom is -0.356 e. The number of fused-ring (bicyclic) bond motifs is 1. The van der Waals surface area contributed by atoms with Crippen LogP contribution in [-0.4, -0.2) is 51.9 Å². The maximum absolute atomic E-state index is 14.2. The zero-order valence-corrected chi connectivity index (χ0v) is 15.7. The number of nitrogens with one attached hydrogen (secondary N) is 1. The average Bonchev–Trinajstić information content (AvgIpc) is 3.21. The summed E-state index contributed by atoms with van der Waals surface area (Å²) >= 11 is 0. The van der Waals surface area contributed by atoms with Crippen molar-refractivity contribution in [1.82, 2.24) is 19.9 Å². The smallest absolute Gasteiger partial charge is 0.259 e. The van der Waals surface area contributed by atoms with Crippen molar-refractivity contribution in [2.45, 2.75) is 18.9 Å². The third-order valence-electron chi connectivity index (χ3n) is 5.35. The number of nitriles is 1. The van der Waals surface area contributed by atoms with E-state index in [2.05, 4.69) is 19.9 Å². The summed E-state index contributed by atoms with van der Waals surface area (Å²) in [7, 11) is 1.94. The normalized spacial score (nSPS) is 14.8. The second-order valence-electron chi connectivity index (χ2n) is 7.00. The number of piperidine rings is 1. The number of hydrogen-bond donors (Lipinski definition) is 1. The Bertz CT molecular complexity index is 1090. The number of carbonyl (C=O) groups is 1. The standard InChI is InChI=1S/C20H18F2N6O/c1-27(19-14-2-5-24-18(14)25-11-26-19)13-3-6-28(7-4-13)20(29)17-15(21)8-12(10-23)9-16(17)22/h2,5,8-9,11,13H,3-4,6-7H2,1H3,(H,24,25,26). The second kappa shape index (κ2) is 7.47. The van der Waals surface area contributed by atoms with Crippen molar-refractivity contribution in [3.63, 3.8) is 0 Å². The summed E-state index contributed by atoms with van der Waals surface area (Å²) in [5.41, 5.74) is -0.0142. The van der Waals surface area contributed by atoms with Crippen LogP contribution in [0, 0.1) is 23.0 Å². The van der Waals surface area contributed by atoms with Crippen LogP contribution in [0.5, 0.6) is 0 Å². The summed E-state index contributed by atoms with van der Waals surface area (Å²) in [6, 6.07) is 5.48. The van der Waals surface area contributed by atoms with E-state index >= 15 is 0 Å². The van der Waals surface area contributed by atoms with Crippen molar-refractivity contribution in [2.75, 3.05) is 25.0 Å². The highest BCUT2D eigenvalue weighted by Gasteiger charge is 2.30. The van der Waals surface area contributed by atoms with Crippen molar-refractivity contribution >= 4 is 22.8 Å². The monoisotopic (exact) mass is 396 g/mol. The Morgan fingerprint density at radius 3 is 2.62 bits per heavy atom. The molecule has 3 heterocycles. The molecule has 1 saturated heterocycles. The highest BCUT2D eigenvalue weighted by molar-refractivity contribution is 5.95. The lowest BCUT2D eigenvalue weighted by molar-refractivity contribution is 0.0703. The number of carbonyl (C=O) groups excluding carboxylic acids is 1. The Kier molecular flexibility index (Phi) is 4.84. The molecule has 2 aromatic heterocycles. The summed E-state index contributed by atoms with van der Waals surface area (Å²) in [6.45, 7) is 0.738. The first kappa shape index (κ1) is 18.8. The second-order valence-corrected chi connectivity index (χ2v) is 7.00. The van der Waals surface area contributed by atoms with Gasteiger partial charge in [-0.15, -0.1) is 0 Å². The predicted octanol–water partition coefficient (Wildman–Crippen LogP) is 2.85. The lowest BCUT2D eigenvalue weighted by atomic mass is 10.0. The van der Waals surface area contributed by atoms with E-state index in [0.717, 1.165) is 29.0 Å². The molecule has 0 unspecified atom stereocenters. The molecular weight excluding hydrogens is 378 g/mol. The van der Waals surface area contributed by atoms with Gasteiger partial charge in [0.1, 0.15) is 35.0 Å². The number of anilines is 1. The van der Waals surface area contributed by atoms with Gasteiger partial charge in [0.25, 0.3) is 5.91 Å². The molecule has 1 amide bonds. The number of benzene rings is 1. The van der Waals surface area contributed by atoms with Crippen LogP contribution in [0.15, 0.2) is 30.7 Å². The number of aromatic amines is 1. The van der Waals surface area contributed by atoms with Crippen LogP contribution in [0.3, 0.4) is 0 Å². The van der Waals surface area contributed by atoms with Gasteiger partial charge in [-0.1, -0.05) is 0 Å². The summed E-state index contributed by atoms with van der Waals surface area (Å²) in [6.07, 6.45) is 4.58. The molecule has 0 radical (unpaired) electrons. The van der Waals surface area contributed by atoms with Gasteiger partial charge in [0.05, 0.1) is 17.0 Å². The van der Waals surface area contributed by atoms with E-state index in [4.69, 9.17) is 5.26 Å². The predicted molar refractivity (Wildman–Crippen MR) is 102 cm³/mol. The van der Waals surface area contributed by atoms with E-state index in [9.17, 15) is 13.6 Å². The van der Waals surface area contributed by atoms with Crippen molar-refractivity contribution in [3.8, 4) is 6.07 Å². The number of hydrogen-bond acceptors (Lipinski definition) is 5. The molecule has 0 bridgehead atoms. The van der Waals surface area contributed by atoms with Crippen LogP contribution in [-0.2, 0) is 0 Å². The number of rotatable bonds is 3. The minimum atomic E-state index is -1.01. The van der Waals surface area contributed by atoms with Crippen LogP contribution in [0.4, 0.5) is 14.6 Å². The zero-order chi connectivity index (χ0) is 20.5. The maximum atomic E-state index is 14.2. The number of halogens is 2. The van der Waals surface area contributed by atoms with Crippen LogP contribution >= 0.6 is 0 Å². The van der Waals surface area contributed by atoms with E-state index in [1.165, 1.54) is 11.2 Å². The first-order valence-corrected chi connectivity index (χ1v) is 9.19. The Balaban J connectivity index is 1.48. The molecule has 0 spiro atoms. The Labute approximate surface area is 165 Å². The van der Waals surface area contributed by atoms with E-state index in [0.29, 0.717) is 25.9 Å². The van der Waals surface area contributed by atoms with Crippen LogP contribution < -0.4 is 4.90 Å². The molecule has 1 aliphatic heterocycles. The SMILES string of the molecule is CN(c1ncnc2[nH]ccc12)C1CCN(C(=O)c2c(F)cc(C#N)cc2F)CC1. The third kappa shape index (κ3) is 3.38. The maximum Gasteiger partial charge on any atom is 0.259 e. The summed E-state index contributed by atoms with van der Waals surface area (Å²) < 4.78 is 28.4. The van der Waals surface area contributed by atoms with Crippen LogP contribution in [0.25, 0.3) is 11.0 Å². The lowest BCUT2D eigenvalue weighted by Gasteiger charge is -2.37. The zero-order valence-electron chi connectivity index (χ0n) is 15.7. The molecule has 0 aliphatic carbocycles. The van der Waals surface area contributed by atoms with Gasteiger partial charge in [-0.25, -0.2) is 18.7 Å². The van der Waals surface area contributed by atoms with E-state index in [-0.39, 0.29) is 11.6 Å². The fraction of sp³-hybridized carbons (Fsp3) is 0.300. The average molecular weight is 396 g/mol. The van der Waals surface area contributed by atoms with Gasteiger partial charge in [-0.05, 0) is 31.0 Å². The van der Waals surface area contributed by atoms with Gasteiger partial charge in [-0.2, -0.15) is 5.26 Å². The number of H-pyrrole nitrogens is 1. The van der Waals surface area contributed by atoms with Gasteiger partial charge in [0.15, 0.2) is 0 Å². The van der Waals surface area contributed by atoms with E-state index in [1.807, 2.05) is 13.1 Å². The van der Waals surface area contributed by atoms with Crippen LogP contribution in [0.1, 0.15) is 28.8 Å². The van der Waals surface area contributed by atoms with Crippen molar-refractivity contribution in [2.24, 2.45) is 0 Å². The van der Waals surface area contributed by atoms with E-state index < -0.39 is 23.1 Å². The fourth-order valence-corrected chi connectivity index (χ4v) is 3.77. The lowest BCUT2D eigenvalue weighted by Crippen LogP contribution is -2.46. The van der Waals surface area contributed by atoms with Gasteiger partial charge in [0.2, 0.25) is 0 Å². The molecule has 7 nitrogen and oxygen atoms in total. The molecule has 1 fully saturated rings. The molecular formula is C20H18F2N6O. The summed E-state index contributed by atoms with van der Waals surface area (Å²) in [4.78, 5) is 27.8. The number of aromatic nitrogens is 3. The molecule has 29 heavy (non-hydrogen) atoms. The Morgan fingerprint density at radius 2 is 1.97 bits per heavy atom. The molecule has 0 atom stereocenters. The van der Waals surface area contributed by atoms with Gasteiger partial charge in [-0.3, -0.25) is 4.79 Å². The van der Waals surface area contributed by atoms with Gasteiger partial charge < -0.3 is 14.8 Å². The molecule has 1 aliphatic rings. The fourth-order valence-electron chi connectivity index (χ4n) is 3.77. The van der Waals surface area contributed by atoms with Crippen molar-refractivity contribution in [3.05, 3.63) is 53.5 Å². The van der Waals surface area contributed by atoms with Crippen molar-refractivity contribution in [1.29, 1.82) is 5.26 Å². The first-order chi connectivity index (χ1) is 14.0. The first-order valence-electron chi connectivity index (χ1n) is 9.19. The Morgan fingerprint density at radius 1 is 1.28 bits per heavy atom. The quantitative estimate of drug-likeness (QED) is 0.735. The molecule has 3 aromatic rings. The van der Waals surface area contributed by atoms with Crippen molar-refractivity contribution < 1.29 is 13.6 Å². The molecule has 0 saturated carbocycles. The Hall–Kier alpha value is -3.54. The van der Waals surface area contributed by atoms with Gasteiger partial charge >= 0.3 is 0 Å². The molecule has 148 valence electrons. The highest BCUT2D eigenvalue weighted by atomic mass is 19.1. The third-order valence-corrected chi connectivity index (χ3v) is 5.35.